The molecule has 1 aliphatic rings. The zero-order valence-electron chi connectivity index (χ0n) is 18.6. The van der Waals surface area contributed by atoms with Crippen molar-refractivity contribution in [2.45, 2.75) is 50.3 Å². The van der Waals surface area contributed by atoms with E-state index in [9.17, 15) is 9.90 Å². The molecule has 1 unspecified atom stereocenters. The fourth-order valence-electron chi connectivity index (χ4n) is 4.02. The molecule has 1 atom stereocenters. The predicted octanol–water partition coefficient (Wildman–Crippen LogP) is 3.92. The van der Waals surface area contributed by atoms with E-state index in [1.54, 1.807) is 30.1 Å². The molecular weight excluding hydrogens is 424 g/mol. The third-order valence-electron chi connectivity index (χ3n) is 5.44. The van der Waals surface area contributed by atoms with E-state index >= 15 is 0 Å². The zero-order chi connectivity index (χ0) is 22.4. The average molecular weight is 458 g/mol. The molecule has 2 aromatic rings. The Morgan fingerprint density at radius 1 is 1.35 bits per heavy atom. The van der Waals surface area contributed by atoms with Gasteiger partial charge in [-0.2, -0.15) is 0 Å². The van der Waals surface area contributed by atoms with E-state index in [-0.39, 0.29) is 12.5 Å². The van der Waals surface area contributed by atoms with E-state index in [0.29, 0.717) is 23.8 Å². The van der Waals surface area contributed by atoms with Gasteiger partial charge in [-0.3, -0.25) is 10.2 Å². The van der Waals surface area contributed by atoms with Gasteiger partial charge in [-0.15, -0.1) is 23.1 Å². The Labute approximate surface area is 193 Å². The van der Waals surface area contributed by atoms with Crippen LogP contribution in [0.5, 0.6) is 0 Å². The highest BCUT2D eigenvalue weighted by atomic mass is 32.2. The minimum absolute atomic E-state index is 0.0837. The summed E-state index contributed by atoms with van der Waals surface area (Å²) in [5, 5.41) is 18.6. The lowest BCUT2D eigenvalue weighted by Crippen LogP contribution is -2.41. The number of nitrogens with one attached hydrogen (secondary N) is 1. The van der Waals surface area contributed by atoms with Crippen molar-refractivity contribution in [2.24, 2.45) is 5.92 Å². The SMILES string of the molecule is CNC(=O)c1c(C(=[NH2+])CC(C)C)sc(CC2CC=Cc3ccccc32)c1SCCCO. The first-order valence-electron chi connectivity index (χ1n) is 10.9. The number of allylic oxidation sites excluding steroid dienone is 1. The minimum Gasteiger partial charge on any atom is -0.396 e. The highest BCUT2D eigenvalue weighted by Crippen LogP contribution is 2.42. The standard InChI is InChI=1S/C25H32N2O2S2/c1-16(2)14-20(26)23-22(25(29)27-3)24(30-13-7-12-28)21(31-23)15-18-10-6-9-17-8-4-5-11-19(17)18/h4-6,8-9,11,16,18,26,28H,7,10,12-15H2,1-3H3,(H,27,29)/p+1. The summed E-state index contributed by atoms with van der Waals surface area (Å²) >= 11 is 3.35. The van der Waals surface area contributed by atoms with Crippen molar-refractivity contribution in [1.29, 1.82) is 0 Å². The number of fused-ring (bicyclic) bond motifs is 1. The Hall–Kier alpha value is -1.89. The summed E-state index contributed by atoms with van der Waals surface area (Å²) in [5.74, 6) is 1.49. The number of carbonyl (C=O) groups is 1. The van der Waals surface area contributed by atoms with Crippen molar-refractivity contribution >= 4 is 40.8 Å². The van der Waals surface area contributed by atoms with Gasteiger partial charge < -0.3 is 10.4 Å². The summed E-state index contributed by atoms with van der Waals surface area (Å²) in [7, 11) is 1.67. The number of hydrogen-bond acceptors (Lipinski definition) is 4. The molecule has 1 heterocycles. The summed E-state index contributed by atoms with van der Waals surface area (Å²) in [6.07, 6.45) is 7.78. The van der Waals surface area contributed by atoms with Gasteiger partial charge in [0, 0.05) is 35.6 Å². The van der Waals surface area contributed by atoms with E-state index in [1.807, 2.05) is 0 Å². The van der Waals surface area contributed by atoms with Crippen LogP contribution in [0.4, 0.5) is 0 Å². The van der Waals surface area contributed by atoms with Crippen LogP contribution in [-0.2, 0) is 6.42 Å². The normalized spacial score (nSPS) is 15.2. The molecule has 6 heteroatoms. The average Bonchev–Trinajstić information content (AvgIpc) is 3.11. The fourth-order valence-corrected chi connectivity index (χ4v) is 6.68. The van der Waals surface area contributed by atoms with E-state index in [0.717, 1.165) is 40.5 Å². The van der Waals surface area contributed by atoms with Gasteiger partial charge in [-0.05, 0) is 42.2 Å². The Kier molecular flexibility index (Phi) is 8.52. The number of thioether (sulfide) groups is 1. The molecule has 0 saturated carbocycles. The summed E-state index contributed by atoms with van der Waals surface area (Å²) in [6, 6.07) is 8.57. The zero-order valence-corrected chi connectivity index (χ0v) is 20.2. The van der Waals surface area contributed by atoms with E-state index in [1.165, 1.54) is 16.0 Å². The van der Waals surface area contributed by atoms with Gasteiger partial charge in [0.15, 0.2) is 5.71 Å². The van der Waals surface area contributed by atoms with Gasteiger partial charge in [-0.1, -0.05) is 50.3 Å². The molecular formula is C25H33N2O2S2+. The first kappa shape index (κ1) is 23.8. The van der Waals surface area contributed by atoms with Crippen LogP contribution in [0.15, 0.2) is 35.2 Å². The molecule has 0 radical (unpaired) electrons. The summed E-state index contributed by atoms with van der Waals surface area (Å²) < 4.78 is 0. The lowest BCUT2D eigenvalue weighted by atomic mass is 9.84. The van der Waals surface area contributed by atoms with Crippen LogP contribution in [0.1, 0.15) is 70.3 Å². The van der Waals surface area contributed by atoms with Crippen LogP contribution in [0.25, 0.3) is 6.08 Å². The highest BCUT2D eigenvalue weighted by molar-refractivity contribution is 7.99. The maximum absolute atomic E-state index is 12.9. The maximum Gasteiger partial charge on any atom is 0.253 e. The molecule has 1 amide bonds. The molecule has 3 rings (SSSR count). The van der Waals surface area contributed by atoms with Crippen molar-refractivity contribution < 1.29 is 15.3 Å². The molecule has 0 spiro atoms. The van der Waals surface area contributed by atoms with Gasteiger partial charge in [0.1, 0.15) is 4.88 Å². The number of hydrogen-bond donors (Lipinski definition) is 3. The summed E-state index contributed by atoms with van der Waals surface area (Å²) in [4.78, 5) is 16.1. The van der Waals surface area contributed by atoms with Gasteiger partial charge in [0.05, 0.1) is 5.56 Å². The fraction of sp³-hybridized carbons (Fsp3) is 0.440. The molecule has 1 aromatic carbocycles. The van der Waals surface area contributed by atoms with E-state index in [4.69, 9.17) is 5.41 Å². The van der Waals surface area contributed by atoms with Crippen LogP contribution in [0.2, 0.25) is 0 Å². The third-order valence-corrected chi connectivity index (χ3v) is 8.09. The molecule has 0 fully saturated rings. The quantitative estimate of drug-likeness (QED) is 0.288. The molecule has 31 heavy (non-hydrogen) atoms. The highest BCUT2D eigenvalue weighted by Gasteiger charge is 2.30. The van der Waals surface area contributed by atoms with E-state index in [2.05, 4.69) is 55.6 Å². The Balaban J connectivity index is 2.03. The van der Waals surface area contributed by atoms with Crippen molar-refractivity contribution in [3.8, 4) is 0 Å². The predicted molar refractivity (Wildman–Crippen MR) is 132 cm³/mol. The first-order chi connectivity index (χ1) is 15.0. The van der Waals surface area contributed by atoms with Crippen LogP contribution < -0.4 is 10.7 Å². The number of aliphatic hydroxyl groups is 1. The summed E-state index contributed by atoms with van der Waals surface area (Å²) in [6.45, 7) is 4.43. The molecule has 0 bridgehead atoms. The molecule has 0 aliphatic heterocycles. The number of rotatable bonds is 10. The van der Waals surface area contributed by atoms with Gasteiger partial charge in [0.2, 0.25) is 0 Å². The smallest absolute Gasteiger partial charge is 0.253 e. The summed E-state index contributed by atoms with van der Waals surface area (Å²) in [5.41, 5.74) is 4.15. The number of carbonyl (C=O) groups excluding carboxylic acids is 1. The molecule has 4 nitrogen and oxygen atoms in total. The maximum atomic E-state index is 12.9. The second-order valence-electron chi connectivity index (χ2n) is 8.35. The first-order valence-corrected chi connectivity index (χ1v) is 12.7. The Morgan fingerprint density at radius 2 is 2.13 bits per heavy atom. The molecule has 4 N–H and O–H groups in total. The van der Waals surface area contributed by atoms with Gasteiger partial charge >= 0.3 is 0 Å². The number of thiophene rings is 1. The van der Waals surface area contributed by atoms with Crippen LogP contribution in [-0.4, -0.2) is 36.1 Å². The lowest BCUT2D eigenvalue weighted by Gasteiger charge is -2.21. The van der Waals surface area contributed by atoms with Crippen molar-refractivity contribution in [2.75, 3.05) is 19.4 Å². The molecule has 1 aliphatic carbocycles. The van der Waals surface area contributed by atoms with Crippen LogP contribution >= 0.6 is 23.1 Å². The monoisotopic (exact) mass is 457 g/mol. The number of benzene rings is 1. The topological polar surface area (TPSA) is 74.9 Å². The van der Waals surface area contributed by atoms with E-state index < -0.39 is 0 Å². The van der Waals surface area contributed by atoms with Crippen molar-refractivity contribution in [3.05, 3.63) is 56.8 Å². The van der Waals surface area contributed by atoms with Crippen LogP contribution in [0, 0.1) is 5.92 Å². The van der Waals surface area contributed by atoms with Crippen molar-refractivity contribution in [3.63, 3.8) is 0 Å². The Morgan fingerprint density at radius 3 is 2.84 bits per heavy atom. The molecule has 1 aromatic heterocycles. The third kappa shape index (κ3) is 5.68. The van der Waals surface area contributed by atoms with Gasteiger partial charge in [0.25, 0.3) is 5.91 Å². The minimum atomic E-state index is -0.0837. The van der Waals surface area contributed by atoms with Crippen molar-refractivity contribution in [1.82, 2.24) is 5.32 Å². The van der Waals surface area contributed by atoms with Crippen LogP contribution in [0.3, 0.4) is 0 Å². The number of aliphatic hydroxyl groups excluding tert-OH is 1. The second-order valence-corrected chi connectivity index (χ2v) is 10.6. The molecule has 0 saturated heterocycles. The number of nitrogens with two attached hydrogens (primary N) is 1. The number of amides is 1. The molecule has 166 valence electrons. The van der Waals surface area contributed by atoms with Gasteiger partial charge in [-0.25, -0.2) is 0 Å². The Bertz CT molecular complexity index is 962. The largest absolute Gasteiger partial charge is 0.396 e. The lowest BCUT2D eigenvalue weighted by molar-refractivity contribution is -0.115. The second kappa shape index (κ2) is 11.1.